The zero-order valence-corrected chi connectivity index (χ0v) is 17.6. The predicted octanol–water partition coefficient (Wildman–Crippen LogP) is 3.67. The van der Waals surface area contributed by atoms with E-state index in [-0.39, 0.29) is 18.4 Å². The van der Waals surface area contributed by atoms with Gasteiger partial charge in [0.2, 0.25) is 5.91 Å². The van der Waals surface area contributed by atoms with Gasteiger partial charge in [0.25, 0.3) is 5.91 Å². The van der Waals surface area contributed by atoms with Gasteiger partial charge in [-0.05, 0) is 66.7 Å². The van der Waals surface area contributed by atoms with E-state index in [0.717, 1.165) is 22.1 Å². The van der Waals surface area contributed by atoms with Crippen LogP contribution in [-0.2, 0) is 11.3 Å². The van der Waals surface area contributed by atoms with Crippen LogP contribution < -0.4 is 15.4 Å². The first-order chi connectivity index (χ1) is 14.5. The van der Waals surface area contributed by atoms with Gasteiger partial charge in [-0.25, -0.2) is 0 Å². The van der Waals surface area contributed by atoms with Crippen LogP contribution in [0.3, 0.4) is 0 Å². The number of likely N-dealkylation sites (N-methyl/N-ethyl adjacent to an activating group) is 1. The van der Waals surface area contributed by atoms with E-state index in [1.807, 2.05) is 37.1 Å². The number of methoxy groups -OCH3 is 1. The van der Waals surface area contributed by atoms with Gasteiger partial charge in [-0.1, -0.05) is 24.3 Å². The van der Waals surface area contributed by atoms with Crippen LogP contribution in [0.15, 0.2) is 60.7 Å². The first kappa shape index (κ1) is 21.3. The molecular weight excluding hydrogens is 378 g/mol. The van der Waals surface area contributed by atoms with E-state index in [9.17, 15) is 9.59 Å². The molecule has 0 radical (unpaired) electrons. The summed E-state index contributed by atoms with van der Waals surface area (Å²) in [6, 6.07) is 19.2. The summed E-state index contributed by atoms with van der Waals surface area (Å²) < 4.78 is 5.27. The summed E-state index contributed by atoms with van der Waals surface area (Å²) in [7, 11) is 3.56. The number of rotatable bonds is 8. The van der Waals surface area contributed by atoms with Gasteiger partial charge in [-0.3, -0.25) is 14.5 Å². The summed E-state index contributed by atoms with van der Waals surface area (Å²) in [6.07, 6.45) is 0. The SMILES string of the molecule is CCNC(=O)c1cccc(NC(=O)CN(C)Cc2ccc3cc(OC)ccc3c2)c1. The fraction of sp³-hybridized carbons (Fsp3) is 0.250. The molecule has 2 amide bonds. The van der Waals surface area contributed by atoms with Crippen molar-refractivity contribution in [1.29, 1.82) is 0 Å². The lowest BCUT2D eigenvalue weighted by atomic mass is 10.1. The quantitative estimate of drug-likeness (QED) is 0.600. The Morgan fingerprint density at radius 3 is 2.53 bits per heavy atom. The number of benzene rings is 3. The van der Waals surface area contributed by atoms with Crippen molar-refractivity contribution in [3.63, 3.8) is 0 Å². The van der Waals surface area contributed by atoms with E-state index in [1.165, 1.54) is 0 Å². The maximum Gasteiger partial charge on any atom is 0.251 e. The van der Waals surface area contributed by atoms with E-state index < -0.39 is 0 Å². The third-order valence-electron chi connectivity index (χ3n) is 4.72. The first-order valence-corrected chi connectivity index (χ1v) is 9.92. The normalized spacial score (nSPS) is 10.8. The average molecular weight is 405 g/mol. The van der Waals surface area contributed by atoms with Gasteiger partial charge in [0.1, 0.15) is 5.75 Å². The molecule has 6 nitrogen and oxygen atoms in total. The first-order valence-electron chi connectivity index (χ1n) is 9.92. The average Bonchev–Trinajstić information content (AvgIpc) is 2.73. The number of nitrogens with one attached hydrogen (secondary N) is 2. The van der Waals surface area contributed by atoms with Crippen molar-refractivity contribution in [2.75, 3.05) is 32.6 Å². The van der Waals surface area contributed by atoms with Gasteiger partial charge in [0, 0.05) is 24.3 Å². The highest BCUT2D eigenvalue weighted by Crippen LogP contribution is 2.22. The van der Waals surface area contributed by atoms with Crippen molar-refractivity contribution in [3.8, 4) is 5.75 Å². The Kier molecular flexibility index (Phi) is 7.03. The van der Waals surface area contributed by atoms with Crippen LogP contribution in [0.5, 0.6) is 5.75 Å². The van der Waals surface area contributed by atoms with Crippen LogP contribution in [0.25, 0.3) is 10.8 Å². The van der Waals surface area contributed by atoms with Crippen LogP contribution in [0.2, 0.25) is 0 Å². The van der Waals surface area contributed by atoms with Crippen molar-refractivity contribution < 1.29 is 14.3 Å². The van der Waals surface area contributed by atoms with E-state index >= 15 is 0 Å². The van der Waals surface area contributed by atoms with E-state index in [4.69, 9.17) is 4.74 Å². The number of anilines is 1. The Morgan fingerprint density at radius 1 is 1.00 bits per heavy atom. The fourth-order valence-electron chi connectivity index (χ4n) is 3.31. The van der Waals surface area contributed by atoms with Crippen molar-refractivity contribution in [2.24, 2.45) is 0 Å². The van der Waals surface area contributed by atoms with Crippen molar-refractivity contribution in [1.82, 2.24) is 10.2 Å². The number of fused-ring (bicyclic) bond motifs is 1. The molecule has 0 heterocycles. The van der Waals surface area contributed by atoms with Crippen molar-refractivity contribution in [3.05, 3.63) is 71.8 Å². The van der Waals surface area contributed by atoms with Crippen molar-refractivity contribution in [2.45, 2.75) is 13.5 Å². The molecule has 0 aliphatic heterocycles. The summed E-state index contributed by atoms with van der Waals surface area (Å²) in [4.78, 5) is 26.3. The van der Waals surface area contributed by atoms with E-state index in [0.29, 0.717) is 24.3 Å². The largest absolute Gasteiger partial charge is 0.497 e. The van der Waals surface area contributed by atoms with E-state index in [1.54, 1.807) is 31.4 Å². The lowest BCUT2D eigenvalue weighted by Gasteiger charge is -2.17. The van der Waals surface area contributed by atoms with Gasteiger partial charge >= 0.3 is 0 Å². The zero-order valence-electron chi connectivity index (χ0n) is 17.6. The lowest BCUT2D eigenvalue weighted by Crippen LogP contribution is -2.30. The lowest BCUT2D eigenvalue weighted by molar-refractivity contribution is -0.117. The highest BCUT2D eigenvalue weighted by atomic mass is 16.5. The third kappa shape index (κ3) is 5.58. The summed E-state index contributed by atoms with van der Waals surface area (Å²) in [5.74, 6) is 0.552. The highest BCUT2D eigenvalue weighted by molar-refractivity contribution is 5.97. The number of ether oxygens (including phenoxy) is 1. The fourth-order valence-corrected chi connectivity index (χ4v) is 3.31. The maximum absolute atomic E-state index is 12.4. The molecule has 0 saturated heterocycles. The Morgan fingerprint density at radius 2 is 1.77 bits per heavy atom. The Bertz CT molecular complexity index is 1050. The molecule has 6 heteroatoms. The Balaban J connectivity index is 1.59. The number of hydrogen-bond acceptors (Lipinski definition) is 4. The second kappa shape index (κ2) is 9.89. The van der Waals surface area contributed by atoms with Crippen LogP contribution in [0.1, 0.15) is 22.8 Å². The second-order valence-corrected chi connectivity index (χ2v) is 7.21. The van der Waals surface area contributed by atoms with Gasteiger partial charge in [0.15, 0.2) is 0 Å². The minimum Gasteiger partial charge on any atom is -0.497 e. The molecule has 0 unspecified atom stereocenters. The Hall–Kier alpha value is -3.38. The second-order valence-electron chi connectivity index (χ2n) is 7.21. The van der Waals surface area contributed by atoms with Gasteiger partial charge < -0.3 is 15.4 Å². The summed E-state index contributed by atoms with van der Waals surface area (Å²) >= 11 is 0. The van der Waals surface area contributed by atoms with Gasteiger partial charge in [-0.15, -0.1) is 0 Å². The molecule has 3 aromatic carbocycles. The molecule has 30 heavy (non-hydrogen) atoms. The molecule has 0 saturated carbocycles. The predicted molar refractivity (Wildman–Crippen MR) is 120 cm³/mol. The molecule has 3 rings (SSSR count). The molecule has 0 spiro atoms. The van der Waals surface area contributed by atoms with Crippen LogP contribution >= 0.6 is 0 Å². The molecule has 0 aromatic heterocycles. The van der Waals surface area contributed by atoms with Crippen molar-refractivity contribution >= 4 is 28.3 Å². The topological polar surface area (TPSA) is 70.7 Å². The molecule has 0 aliphatic carbocycles. The monoisotopic (exact) mass is 405 g/mol. The minimum atomic E-state index is -0.153. The number of hydrogen-bond donors (Lipinski definition) is 2. The number of amides is 2. The molecule has 156 valence electrons. The van der Waals surface area contributed by atoms with Crippen LogP contribution in [0.4, 0.5) is 5.69 Å². The number of carbonyl (C=O) groups excluding carboxylic acids is 2. The molecular formula is C24H27N3O3. The zero-order chi connectivity index (χ0) is 21.5. The molecule has 2 N–H and O–H groups in total. The minimum absolute atomic E-state index is 0.129. The van der Waals surface area contributed by atoms with Crippen LogP contribution in [-0.4, -0.2) is 44.0 Å². The maximum atomic E-state index is 12.4. The molecule has 0 aliphatic rings. The standard InChI is InChI=1S/C24H27N3O3/c1-4-25-24(29)20-6-5-7-21(13-20)26-23(28)16-27(2)15-17-8-9-19-14-22(30-3)11-10-18(19)12-17/h5-14H,4,15-16H2,1-3H3,(H,25,29)(H,26,28). The summed E-state index contributed by atoms with van der Waals surface area (Å²) in [5.41, 5.74) is 2.26. The molecule has 0 bridgehead atoms. The van der Waals surface area contributed by atoms with Gasteiger partial charge in [-0.2, -0.15) is 0 Å². The van der Waals surface area contributed by atoms with Crippen LogP contribution in [0, 0.1) is 0 Å². The number of carbonyl (C=O) groups is 2. The molecule has 3 aromatic rings. The molecule has 0 fully saturated rings. The highest BCUT2D eigenvalue weighted by Gasteiger charge is 2.10. The Labute approximate surface area is 176 Å². The van der Waals surface area contributed by atoms with E-state index in [2.05, 4.69) is 28.8 Å². The summed E-state index contributed by atoms with van der Waals surface area (Å²) in [6.45, 7) is 3.31. The molecule has 0 atom stereocenters. The smallest absolute Gasteiger partial charge is 0.251 e. The summed E-state index contributed by atoms with van der Waals surface area (Å²) in [5, 5.41) is 7.87. The number of nitrogens with zero attached hydrogens (tertiary/aromatic N) is 1. The third-order valence-corrected chi connectivity index (χ3v) is 4.72. The van der Waals surface area contributed by atoms with Gasteiger partial charge in [0.05, 0.1) is 13.7 Å².